The summed E-state index contributed by atoms with van der Waals surface area (Å²) < 4.78 is 2.18. The van der Waals surface area contributed by atoms with Crippen molar-refractivity contribution in [2.75, 3.05) is 19.6 Å². The summed E-state index contributed by atoms with van der Waals surface area (Å²) in [4.78, 5) is 2.39. The molecule has 1 aromatic carbocycles. The highest BCUT2D eigenvalue weighted by Crippen LogP contribution is 2.31. The van der Waals surface area contributed by atoms with E-state index in [1.165, 1.54) is 29.5 Å². The average Bonchev–Trinajstić information content (AvgIpc) is 2.76. The number of benzene rings is 1. The molecule has 1 saturated heterocycles. The quantitative estimate of drug-likeness (QED) is 0.915. The van der Waals surface area contributed by atoms with Gasteiger partial charge in [-0.3, -0.25) is 0 Å². The van der Waals surface area contributed by atoms with Gasteiger partial charge in [-0.05, 0) is 57.3 Å². The van der Waals surface area contributed by atoms with E-state index in [2.05, 4.69) is 36.3 Å². The number of halogens is 1. The number of likely N-dealkylation sites (tertiary alicyclic amines) is 1. The van der Waals surface area contributed by atoms with E-state index in [-0.39, 0.29) is 6.10 Å². The molecule has 0 aliphatic carbocycles. The number of piperidine rings is 1. The second kappa shape index (κ2) is 6.84. The number of rotatable bonds is 4. The van der Waals surface area contributed by atoms with Crippen LogP contribution < -0.4 is 0 Å². The number of aromatic nitrogens is 1. The van der Waals surface area contributed by atoms with Crippen LogP contribution >= 0.6 is 11.6 Å². The first-order chi connectivity index (χ1) is 11.0. The van der Waals surface area contributed by atoms with Gasteiger partial charge in [0.25, 0.3) is 0 Å². The molecule has 1 aliphatic rings. The zero-order valence-corrected chi connectivity index (χ0v) is 15.1. The Hall–Kier alpha value is -1.03. The Kier molecular flexibility index (Phi) is 5.00. The maximum atomic E-state index is 10.6. The highest BCUT2D eigenvalue weighted by atomic mass is 35.5. The van der Waals surface area contributed by atoms with Gasteiger partial charge in [-0.2, -0.15) is 0 Å². The molecule has 2 aromatic rings. The zero-order chi connectivity index (χ0) is 16.6. The smallest absolute Gasteiger partial charge is 0.0845 e. The van der Waals surface area contributed by atoms with Crippen LogP contribution in [0.25, 0.3) is 10.9 Å². The molecule has 3 nitrogen and oxygen atoms in total. The first-order valence-corrected chi connectivity index (χ1v) is 8.99. The van der Waals surface area contributed by atoms with E-state index in [9.17, 15) is 5.11 Å². The lowest BCUT2D eigenvalue weighted by molar-refractivity contribution is 0.0806. The van der Waals surface area contributed by atoms with Crippen molar-refractivity contribution >= 4 is 22.5 Å². The van der Waals surface area contributed by atoms with Crippen LogP contribution in [0.3, 0.4) is 0 Å². The molecule has 2 heterocycles. The standard InChI is InChI=1S/C19H27ClN2O/c1-13-7-9-21(10-8-13)11-16(23)12-22-15(3)14(2)17-5-4-6-18(20)19(17)22/h4-6,13,16,23H,7-12H2,1-3H3/t16-/m0/s1. The van der Waals surface area contributed by atoms with Crippen LogP contribution in [0, 0.1) is 19.8 Å². The van der Waals surface area contributed by atoms with Gasteiger partial charge in [-0.25, -0.2) is 0 Å². The van der Waals surface area contributed by atoms with Crippen LogP contribution in [0.1, 0.15) is 31.0 Å². The lowest BCUT2D eigenvalue weighted by Crippen LogP contribution is -2.39. The number of β-amino-alcohol motifs (C(OH)–C–C–N with tert-alkyl or cyclic N) is 1. The summed E-state index contributed by atoms with van der Waals surface area (Å²) >= 11 is 6.43. The molecule has 1 aliphatic heterocycles. The van der Waals surface area contributed by atoms with Gasteiger partial charge in [0.15, 0.2) is 0 Å². The number of para-hydroxylation sites is 1. The number of hydrogen-bond donors (Lipinski definition) is 1. The molecule has 23 heavy (non-hydrogen) atoms. The molecule has 1 fully saturated rings. The highest BCUT2D eigenvalue weighted by Gasteiger charge is 2.20. The van der Waals surface area contributed by atoms with E-state index >= 15 is 0 Å². The third-order valence-corrected chi connectivity index (χ3v) is 5.65. The molecule has 0 bridgehead atoms. The monoisotopic (exact) mass is 334 g/mol. The highest BCUT2D eigenvalue weighted by molar-refractivity contribution is 6.35. The van der Waals surface area contributed by atoms with Crippen molar-refractivity contribution in [2.45, 2.75) is 46.3 Å². The first-order valence-electron chi connectivity index (χ1n) is 8.61. The molecule has 1 atom stereocenters. The van der Waals surface area contributed by atoms with Gasteiger partial charge in [0.05, 0.1) is 23.2 Å². The summed E-state index contributed by atoms with van der Waals surface area (Å²) in [6.45, 7) is 10.1. The first kappa shape index (κ1) is 16.8. The Balaban J connectivity index is 1.77. The minimum absolute atomic E-state index is 0.367. The van der Waals surface area contributed by atoms with Crippen LogP contribution in [0.15, 0.2) is 18.2 Å². The van der Waals surface area contributed by atoms with E-state index in [1.54, 1.807) is 0 Å². The largest absolute Gasteiger partial charge is 0.390 e. The van der Waals surface area contributed by atoms with Gasteiger partial charge in [0, 0.05) is 17.6 Å². The molecule has 3 rings (SSSR count). The average molecular weight is 335 g/mol. The Morgan fingerprint density at radius 1 is 1.22 bits per heavy atom. The van der Waals surface area contributed by atoms with Crippen molar-refractivity contribution in [3.63, 3.8) is 0 Å². The predicted molar refractivity (Wildman–Crippen MR) is 97.3 cm³/mol. The van der Waals surface area contributed by atoms with Crippen LogP contribution in [-0.2, 0) is 6.54 Å². The fraction of sp³-hybridized carbons (Fsp3) is 0.579. The lowest BCUT2D eigenvalue weighted by Gasteiger charge is -2.31. The molecular weight excluding hydrogens is 308 g/mol. The number of nitrogens with zero attached hydrogens (tertiary/aromatic N) is 2. The molecule has 0 unspecified atom stereocenters. The van der Waals surface area contributed by atoms with E-state index in [0.29, 0.717) is 6.54 Å². The molecule has 0 amide bonds. The van der Waals surface area contributed by atoms with Crippen molar-refractivity contribution in [3.05, 3.63) is 34.5 Å². The molecule has 1 N–H and O–H groups in total. The maximum Gasteiger partial charge on any atom is 0.0845 e. The van der Waals surface area contributed by atoms with Crippen molar-refractivity contribution in [2.24, 2.45) is 5.92 Å². The second-order valence-corrected chi connectivity index (χ2v) is 7.50. The summed E-state index contributed by atoms with van der Waals surface area (Å²) in [6.07, 6.45) is 2.11. The van der Waals surface area contributed by atoms with E-state index in [1.807, 2.05) is 12.1 Å². The Morgan fingerprint density at radius 2 is 1.91 bits per heavy atom. The van der Waals surface area contributed by atoms with Gasteiger partial charge >= 0.3 is 0 Å². The van der Waals surface area contributed by atoms with E-state index in [0.717, 1.165) is 36.1 Å². The minimum Gasteiger partial charge on any atom is -0.390 e. The summed E-state index contributed by atoms with van der Waals surface area (Å²) in [6, 6.07) is 6.03. The number of aliphatic hydroxyl groups is 1. The predicted octanol–water partition coefficient (Wildman–Crippen LogP) is 4.00. The van der Waals surface area contributed by atoms with E-state index < -0.39 is 0 Å². The number of aryl methyl sites for hydroxylation is 1. The molecule has 0 saturated carbocycles. The Labute approximate surface area is 143 Å². The van der Waals surface area contributed by atoms with Gasteiger partial charge in [-0.1, -0.05) is 30.7 Å². The molecule has 126 valence electrons. The number of hydrogen-bond acceptors (Lipinski definition) is 2. The van der Waals surface area contributed by atoms with Crippen molar-refractivity contribution < 1.29 is 5.11 Å². The van der Waals surface area contributed by atoms with Gasteiger partial charge in [0.2, 0.25) is 0 Å². The zero-order valence-electron chi connectivity index (χ0n) is 14.3. The topological polar surface area (TPSA) is 28.4 Å². The van der Waals surface area contributed by atoms with Crippen LogP contribution in [0.5, 0.6) is 0 Å². The third kappa shape index (κ3) is 3.42. The van der Waals surface area contributed by atoms with Crippen molar-refractivity contribution in [1.29, 1.82) is 0 Å². The normalized spacial score (nSPS) is 18.7. The minimum atomic E-state index is -0.367. The van der Waals surface area contributed by atoms with E-state index in [4.69, 9.17) is 11.6 Å². The maximum absolute atomic E-state index is 10.6. The molecule has 4 heteroatoms. The van der Waals surface area contributed by atoms with Crippen LogP contribution in [-0.4, -0.2) is 40.3 Å². The van der Waals surface area contributed by atoms with Gasteiger partial charge in [-0.15, -0.1) is 0 Å². The SMILES string of the molecule is Cc1c(C)n(C[C@@H](O)CN2CCC(C)CC2)c2c(Cl)cccc12. The Bertz CT molecular complexity index is 686. The fourth-order valence-corrected chi connectivity index (χ4v) is 3.97. The number of aliphatic hydroxyl groups excluding tert-OH is 1. The van der Waals surface area contributed by atoms with Crippen LogP contribution in [0.2, 0.25) is 5.02 Å². The second-order valence-electron chi connectivity index (χ2n) is 7.09. The number of fused-ring (bicyclic) bond motifs is 1. The molecule has 0 radical (unpaired) electrons. The lowest BCUT2D eigenvalue weighted by atomic mass is 9.99. The van der Waals surface area contributed by atoms with Crippen LogP contribution in [0.4, 0.5) is 0 Å². The third-order valence-electron chi connectivity index (χ3n) is 5.35. The summed E-state index contributed by atoms with van der Waals surface area (Å²) in [5.74, 6) is 0.820. The summed E-state index contributed by atoms with van der Waals surface area (Å²) in [7, 11) is 0. The summed E-state index contributed by atoms with van der Waals surface area (Å²) in [5, 5.41) is 12.5. The van der Waals surface area contributed by atoms with Gasteiger partial charge in [0.1, 0.15) is 0 Å². The molecule has 1 aromatic heterocycles. The Morgan fingerprint density at radius 3 is 2.61 bits per heavy atom. The van der Waals surface area contributed by atoms with Crippen molar-refractivity contribution in [1.82, 2.24) is 9.47 Å². The fourth-order valence-electron chi connectivity index (χ4n) is 3.70. The molecular formula is C19H27ClN2O. The summed E-state index contributed by atoms with van der Waals surface area (Å²) in [5.41, 5.74) is 3.50. The van der Waals surface area contributed by atoms with Crippen molar-refractivity contribution in [3.8, 4) is 0 Å². The molecule has 0 spiro atoms. The van der Waals surface area contributed by atoms with Gasteiger partial charge < -0.3 is 14.6 Å².